The molecule has 0 saturated carbocycles. The zero-order valence-electron chi connectivity index (χ0n) is 12.5. The molecule has 5 nitrogen and oxygen atoms in total. The Morgan fingerprint density at radius 2 is 2.10 bits per heavy atom. The van der Waals surface area contributed by atoms with E-state index < -0.39 is 5.97 Å². The van der Waals surface area contributed by atoms with Gasteiger partial charge in [0.1, 0.15) is 5.52 Å². The number of carboxylic acid groups (broad SMARTS) is 1. The molecular weight excluding hydrogens is 286 g/mol. The first-order chi connectivity index (χ1) is 10.1. The first kappa shape index (κ1) is 15.8. The summed E-state index contributed by atoms with van der Waals surface area (Å²) in [6.07, 6.45) is 4.65. The van der Waals surface area contributed by atoms with Crippen LogP contribution in [0.1, 0.15) is 38.3 Å². The van der Waals surface area contributed by atoms with E-state index in [1.165, 1.54) is 31.0 Å². The summed E-state index contributed by atoms with van der Waals surface area (Å²) in [4.78, 5) is 19.9. The molecule has 2 aromatic rings. The van der Waals surface area contributed by atoms with E-state index in [4.69, 9.17) is 5.11 Å². The number of aryl methyl sites for hydroxylation is 2. The van der Waals surface area contributed by atoms with Gasteiger partial charge in [0, 0.05) is 12.2 Å². The van der Waals surface area contributed by atoms with Crippen molar-refractivity contribution >= 4 is 28.9 Å². The van der Waals surface area contributed by atoms with Gasteiger partial charge in [0.05, 0.1) is 5.75 Å². The summed E-state index contributed by atoms with van der Waals surface area (Å²) >= 11 is 1.26. The van der Waals surface area contributed by atoms with Crippen LogP contribution in [0.2, 0.25) is 0 Å². The number of pyridine rings is 1. The minimum absolute atomic E-state index is 0.0251. The molecule has 0 bridgehead atoms. The van der Waals surface area contributed by atoms with Crippen LogP contribution >= 0.6 is 11.8 Å². The van der Waals surface area contributed by atoms with Crippen molar-refractivity contribution < 1.29 is 9.90 Å². The number of carboxylic acids is 1. The van der Waals surface area contributed by atoms with Crippen molar-refractivity contribution in [2.24, 2.45) is 0 Å². The first-order valence-electron chi connectivity index (χ1n) is 7.30. The highest BCUT2D eigenvalue weighted by molar-refractivity contribution is 7.99. The van der Waals surface area contributed by atoms with Gasteiger partial charge in [-0.3, -0.25) is 4.79 Å². The molecule has 0 aliphatic heterocycles. The molecule has 0 radical (unpaired) electrons. The fourth-order valence-corrected chi connectivity index (χ4v) is 2.96. The number of imidazole rings is 1. The zero-order chi connectivity index (χ0) is 15.2. The average Bonchev–Trinajstić information content (AvgIpc) is 2.78. The van der Waals surface area contributed by atoms with Crippen LogP contribution in [0.15, 0.2) is 17.3 Å². The van der Waals surface area contributed by atoms with Crippen LogP contribution in [0, 0.1) is 6.92 Å². The Bertz CT molecular complexity index is 625. The Morgan fingerprint density at radius 1 is 1.29 bits per heavy atom. The predicted octanol–water partition coefficient (Wildman–Crippen LogP) is 3.50. The Balaban J connectivity index is 2.24. The van der Waals surface area contributed by atoms with Crippen molar-refractivity contribution in [3.8, 4) is 0 Å². The molecule has 2 rings (SSSR count). The molecule has 0 aromatic carbocycles. The Morgan fingerprint density at radius 3 is 2.81 bits per heavy atom. The fourth-order valence-electron chi connectivity index (χ4n) is 2.21. The topological polar surface area (TPSA) is 68.0 Å². The second kappa shape index (κ2) is 7.45. The van der Waals surface area contributed by atoms with E-state index in [0.717, 1.165) is 35.0 Å². The van der Waals surface area contributed by atoms with Crippen LogP contribution in [-0.2, 0) is 11.3 Å². The van der Waals surface area contributed by atoms with Crippen molar-refractivity contribution in [2.45, 2.75) is 51.2 Å². The molecule has 6 heteroatoms. The molecular formula is C15H21N3O2S. The number of aromatic nitrogens is 3. The highest BCUT2D eigenvalue weighted by Gasteiger charge is 2.13. The fraction of sp³-hybridized carbons (Fsp3) is 0.533. The lowest BCUT2D eigenvalue weighted by molar-refractivity contribution is -0.133. The summed E-state index contributed by atoms with van der Waals surface area (Å²) in [7, 11) is 0. The van der Waals surface area contributed by atoms with Gasteiger partial charge in [-0.15, -0.1) is 0 Å². The van der Waals surface area contributed by atoms with E-state index in [2.05, 4.69) is 21.5 Å². The van der Waals surface area contributed by atoms with Gasteiger partial charge >= 0.3 is 5.97 Å². The maximum atomic E-state index is 10.8. The van der Waals surface area contributed by atoms with Gasteiger partial charge in [-0.05, 0) is 25.5 Å². The number of nitrogens with zero attached hydrogens (tertiary/aromatic N) is 3. The van der Waals surface area contributed by atoms with E-state index in [-0.39, 0.29) is 5.75 Å². The maximum absolute atomic E-state index is 10.8. The lowest BCUT2D eigenvalue weighted by Crippen LogP contribution is -2.04. The third-order valence-electron chi connectivity index (χ3n) is 3.26. The number of aliphatic carboxylic acids is 1. The number of unbranched alkanes of at least 4 members (excludes halogenated alkanes) is 3. The smallest absolute Gasteiger partial charge is 0.313 e. The zero-order valence-corrected chi connectivity index (χ0v) is 13.3. The molecule has 0 saturated heterocycles. The highest BCUT2D eigenvalue weighted by atomic mass is 32.2. The summed E-state index contributed by atoms with van der Waals surface area (Å²) in [5.74, 6) is -0.800. The molecule has 0 aliphatic carbocycles. The van der Waals surface area contributed by atoms with Crippen LogP contribution in [-0.4, -0.2) is 31.4 Å². The molecule has 1 N–H and O–H groups in total. The molecule has 0 atom stereocenters. The normalized spacial score (nSPS) is 11.1. The quantitative estimate of drug-likeness (QED) is 0.597. The van der Waals surface area contributed by atoms with Gasteiger partial charge < -0.3 is 9.67 Å². The lowest BCUT2D eigenvalue weighted by atomic mass is 10.2. The van der Waals surface area contributed by atoms with Crippen molar-refractivity contribution in [2.75, 3.05) is 5.75 Å². The van der Waals surface area contributed by atoms with E-state index >= 15 is 0 Å². The standard InChI is InChI=1S/C15H21N3O2S/c1-3-4-5-6-9-18-14-12(8-7-11(2)16-14)17-15(18)21-10-13(19)20/h7-8H,3-6,9-10H2,1-2H3,(H,19,20). The molecule has 0 fully saturated rings. The predicted molar refractivity (Wildman–Crippen MR) is 84.8 cm³/mol. The van der Waals surface area contributed by atoms with Crippen molar-refractivity contribution in [3.05, 3.63) is 17.8 Å². The summed E-state index contributed by atoms with van der Waals surface area (Å²) in [5.41, 5.74) is 2.65. The number of fused-ring (bicyclic) bond motifs is 1. The minimum atomic E-state index is -0.825. The molecule has 0 aliphatic rings. The van der Waals surface area contributed by atoms with Crippen LogP contribution in [0.25, 0.3) is 11.2 Å². The largest absolute Gasteiger partial charge is 0.481 e. The molecule has 2 heterocycles. The van der Waals surface area contributed by atoms with E-state index in [0.29, 0.717) is 0 Å². The first-order valence-corrected chi connectivity index (χ1v) is 8.29. The van der Waals surface area contributed by atoms with Gasteiger partial charge in [-0.25, -0.2) is 9.97 Å². The molecule has 0 spiro atoms. The van der Waals surface area contributed by atoms with Crippen molar-refractivity contribution in [1.29, 1.82) is 0 Å². The molecule has 114 valence electrons. The summed E-state index contributed by atoms with van der Waals surface area (Å²) in [5, 5.41) is 9.61. The van der Waals surface area contributed by atoms with Gasteiger partial charge in [0.2, 0.25) is 0 Å². The molecule has 2 aromatic heterocycles. The summed E-state index contributed by atoms with van der Waals surface area (Å²) in [6, 6.07) is 3.88. The average molecular weight is 307 g/mol. The Hall–Kier alpha value is -1.56. The van der Waals surface area contributed by atoms with Crippen LogP contribution in [0.5, 0.6) is 0 Å². The van der Waals surface area contributed by atoms with Crippen molar-refractivity contribution in [3.63, 3.8) is 0 Å². The lowest BCUT2D eigenvalue weighted by Gasteiger charge is -2.07. The molecule has 0 amide bonds. The Labute approximate surface area is 128 Å². The third kappa shape index (κ3) is 4.20. The van der Waals surface area contributed by atoms with Crippen LogP contribution in [0.3, 0.4) is 0 Å². The monoisotopic (exact) mass is 307 g/mol. The van der Waals surface area contributed by atoms with Crippen LogP contribution in [0.4, 0.5) is 0 Å². The van der Waals surface area contributed by atoms with Gasteiger partial charge in [-0.1, -0.05) is 37.9 Å². The van der Waals surface area contributed by atoms with Gasteiger partial charge in [0.25, 0.3) is 0 Å². The third-order valence-corrected chi connectivity index (χ3v) is 4.22. The number of carbonyl (C=O) groups is 1. The van der Waals surface area contributed by atoms with E-state index in [1.54, 1.807) is 0 Å². The van der Waals surface area contributed by atoms with E-state index in [9.17, 15) is 4.79 Å². The minimum Gasteiger partial charge on any atom is -0.481 e. The number of thioether (sulfide) groups is 1. The van der Waals surface area contributed by atoms with E-state index in [1.807, 2.05) is 19.1 Å². The number of rotatable bonds is 8. The van der Waals surface area contributed by atoms with Gasteiger partial charge in [-0.2, -0.15) is 0 Å². The SMILES string of the molecule is CCCCCCn1c(SCC(=O)O)nc2ccc(C)nc21. The summed E-state index contributed by atoms with van der Waals surface area (Å²) in [6.45, 7) is 4.98. The number of hydrogen-bond acceptors (Lipinski definition) is 4. The Kier molecular flexibility index (Phi) is 5.61. The van der Waals surface area contributed by atoms with Crippen LogP contribution < -0.4 is 0 Å². The second-order valence-electron chi connectivity index (χ2n) is 5.08. The molecule has 21 heavy (non-hydrogen) atoms. The molecule has 0 unspecified atom stereocenters. The second-order valence-corrected chi connectivity index (χ2v) is 6.03. The maximum Gasteiger partial charge on any atom is 0.313 e. The van der Waals surface area contributed by atoms with Crippen molar-refractivity contribution in [1.82, 2.24) is 14.5 Å². The van der Waals surface area contributed by atoms with Gasteiger partial charge in [0.15, 0.2) is 10.8 Å². The summed E-state index contributed by atoms with van der Waals surface area (Å²) < 4.78 is 2.06. The highest BCUT2D eigenvalue weighted by Crippen LogP contribution is 2.24. The number of hydrogen-bond donors (Lipinski definition) is 1.